The van der Waals surface area contributed by atoms with E-state index in [4.69, 9.17) is 4.74 Å². The topological polar surface area (TPSA) is 12.5 Å². The SMILES string of the molecule is CC/C(=C(/c1cc[c]cc1)c1ccc(OCCN(C)C)cc1)c1ccccc1. The highest BCUT2D eigenvalue weighted by Crippen LogP contribution is 2.34. The summed E-state index contributed by atoms with van der Waals surface area (Å²) in [6, 6.07) is 30.5. The van der Waals surface area contributed by atoms with Crippen LogP contribution in [-0.4, -0.2) is 32.1 Å². The van der Waals surface area contributed by atoms with Gasteiger partial charge >= 0.3 is 0 Å². The van der Waals surface area contributed by atoms with Gasteiger partial charge in [-0.2, -0.15) is 0 Å². The van der Waals surface area contributed by atoms with Crippen molar-refractivity contribution in [3.8, 4) is 5.75 Å². The summed E-state index contributed by atoms with van der Waals surface area (Å²) in [5.41, 5.74) is 6.28. The third-order valence-corrected chi connectivity index (χ3v) is 4.73. The van der Waals surface area contributed by atoms with E-state index in [1.807, 2.05) is 12.1 Å². The van der Waals surface area contributed by atoms with E-state index in [9.17, 15) is 0 Å². The Kier molecular flexibility index (Phi) is 7.05. The molecule has 0 aliphatic rings. The first-order valence-electron chi connectivity index (χ1n) is 9.82. The number of nitrogens with zero attached hydrogens (tertiary/aromatic N) is 1. The van der Waals surface area contributed by atoms with Crippen LogP contribution in [-0.2, 0) is 0 Å². The molecule has 0 unspecified atom stereocenters. The quantitative estimate of drug-likeness (QED) is 0.465. The molecule has 0 spiro atoms. The van der Waals surface area contributed by atoms with Crippen molar-refractivity contribution in [2.75, 3.05) is 27.2 Å². The fourth-order valence-electron chi connectivity index (χ4n) is 3.30. The fourth-order valence-corrected chi connectivity index (χ4v) is 3.30. The molecule has 2 heteroatoms. The van der Waals surface area contributed by atoms with Crippen LogP contribution in [0.4, 0.5) is 0 Å². The highest BCUT2D eigenvalue weighted by molar-refractivity contribution is 5.98. The molecule has 0 saturated heterocycles. The van der Waals surface area contributed by atoms with Gasteiger partial charge in [0.25, 0.3) is 0 Å². The highest BCUT2D eigenvalue weighted by Gasteiger charge is 2.13. The number of allylic oxidation sites excluding steroid dienone is 1. The van der Waals surface area contributed by atoms with Gasteiger partial charge in [0.15, 0.2) is 0 Å². The monoisotopic (exact) mass is 370 g/mol. The van der Waals surface area contributed by atoms with Gasteiger partial charge in [0, 0.05) is 6.54 Å². The lowest BCUT2D eigenvalue weighted by molar-refractivity contribution is 0.261. The second kappa shape index (κ2) is 9.91. The summed E-state index contributed by atoms with van der Waals surface area (Å²) < 4.78 is 5.87. The van der Waals surface area contributed by atoms with Gasteiger partial charge in [0.05, 0.1) is 0 Å². The number of rotatable bonds is 8. The van der Waals surface area contributed by atoms with Crippen molar-refractivity contribution in [1.82, 2.24) is 4.90 Å². The Morgan fingerprint density at radius 2 is 1.46 bits per heavy atom. The predicted molar refractivity (Wildman–Crippen MR) is 118 cm³/mol. The first kappa shape index (κ1) is 19.9. The number of hydrogen-bond donors (Lipinski definition) is 0. The minimum atomic E-state index is 0.688. The van der Waals surface area contributed by atoms with E-state index in [1.54, 1.807) is 0 Å². The van der Waals surface area contributed by atoms with Gasteiger partial charge in [-0.15, -0.1) is 0 Å². The summed E-state index contributed by atoms with van der Waals surface area (Å²) in [4.78, 5) is 2.12. The lowest BCUT2D eigenvalue weighted by atomic mass is 9.88. The van der Waals surface area contributed by atoms with Crippen LogP contribution < -0.4 is 4.74 Å². The maximum atomic E-state index is 5.87. The second-order valence-corrected chi connectivity index (χ2v) is 7.04. The second-order valence-electron chi connectivity index (χ2n) is 7.04. The average Bonchev–Trinajstić information content (AvgIpc) is 2.73. The Morgan fingerprint density at radius 3 is 2.07 bits per heavy atom. The van der Waals surface area contributed by atoms with Crippen LogP contribution in [0.1, 0.15) is 30.0 Å². The van der Waals surface area contributed by atoms with Crippen molar-refractivity contribution in [3.63, 3.8) is 0 Å². The van der Waals surface area contributed by atoms with Gasteiger partial charge in [-0.1, -0.05) is 73.7 Å². The van der Waals surface area contributed by atoms with E-state index < -0.39 is 0 Å². The van der Waals surface area contributed by atoms with Crippen molar-refractivity contribution >= 4 is 11.1 Å². The smallest absolute Gasteiger partial charge is 0.119 e. The van der Waals surface area contributed by atoms with Crippen molar-refractivity contribution in [1.29, 1.82) is 0 Å². The maximum absolute atomic E-state index is 5.87. The van der Waals surface area contributed by atoms with Crippen LogP contribution in [0.3, 0.4) is 0 Å². The summed E-state index contributed by atoms with van der Waals surface area (Å²) in [7, 11) is 4.10. The van der Waals surface area contributed by atoms with E-state index >= 15 is 0 Å². The molecule has 0 amide bonds. The minimum absolute atomic E-state index is 0.688. The standard InChI is InChI=1S/C26H28NO/c1-4-25(21-11-7-5-8-12-21)26(22-13-9-6-10-14-22)23-15-17-24(18-16-23)28-20-19-27(2)3/h5,7-18H,4,19-20H2,1-3H3/b26-25+. The zero-order chi connectivity index (χ0) is 19.8. The fraction of sp³-hybridized carbons (Fsp3) is 0.231. The highest BCUT2D eigenvalue weighted by atomic mass is 16.5. The number of ether oxygens (including phenoxy) is 1. The molecule has 1 radical (unpaired) electrons. The Morgan fingerprint density at radius 1 is 0.821 bits per heavy atom. The molecule has 0 fully saturated rings. The van der Waals surface area contributed by atoms with E-state index in [-0.39, 0.29) is 0 Å². The molecule has 0 aliphatic carbocycles. The molecule has 2 nitrogen and oxygen atoms in total. The number of likely N-dealkylation sites (N-methyl/N-ethyl adjacent to an activating group) is 1. The van der Waals surface area contributed by atoms with E-state index in [0.29, 0.717) is 6.61 Å². The molecule has 0 N–H and O–H groups in total. The third kappa shape index (κ3) is 5.11. The van der Waals surface area contributed by atoms with Crippen LogP contribution in [0, 0.1) is 6.07 Å². The summed E-state index contributed by atoms with van der Waals surface area (Å²) >= 11 is 0. The summed E-state index contributed by atoms with van der Waals surface area (Å²) in [6.07, 6.45) is 0.957. The van der Waals surface area contributed by atoms with Gasteiger partial charge < -0.3 is 9.64 Å². The van der Waals surface area contributed by atoms with Gasteiger partial charge in [-0.25, -0.2) is 0 Å². The first-order chi connectivity index (χ1) is 13.7. The molecule has 3 aromatic rings. The van der Waals surface area contributed by atoms with Crippen LogP contribution in [0.2, 0.25) is 0 Å². The van der Waals surface area contributed by atoms with Gasteiger partial charge in [0.2, 0.25) is 0 Å². The number of benzene rings is 3. The molecule has 3 rings (SSSR count). The van der Waals surface area contributed by atoms with Gasteiger partial charge in [-0.3, -0.25) is 0 Å². The molecule has 0 saturated carbocycles. The van der Waals surface area contributed by atoms with Crippen LogP contribution in [0.15, 0.2) is 78.9 Å². The van der Waals surface area contributed by atoms with Crippen molar-refractivity contribution < 1.29 is 4.74 Å². The third-order valence-electron chi connectivity index (χ3n) is 4.73. The predicted octanol–water partition coefficient (Wildman–Crippen LogP) is 5.80. The molecular weight excluding hydrogens is 342 g/mol. The van der Waals surface area contributed by atoms with Crippen molar-refractivity contribution in [3.05, 3.63) is 102 Å². The van der Waals surface area contributed by atoms with Crippen LogP contribution in [0.25, 0.3) is 11.1 Å². The molecule has 3 aromatic carbocycles. The Balaban J connectivity index is 2.00. The van der Waals surface area contributed by atoms with Gasteiger partial charge in [0.1, 0.15) is 12.4 Å². The largest absolute Gasteiger partial charge is 0.492 e. The molecule has 28 heavy (non-hydrogen) atoms. The average molecular weight is 371 g/mol. The Bertz CT molecular complexity index is 881. The Hall–Kier alpha value is -2.84. The maximum Gasteiger partial charge on any atom is 0.119 e. The van der Waals surface area contributed by atoms with Gasteiger partial charge in [-0.05, 0) is 66.6 Å². The molecule has 0 bridgehead atoms. The Labute approximate surface area is 169 Å². The number of hydrogen-bond acceptors (Lipinski definition) is 2. The zero-order valence-electron chi connectivity index (χ0n) is 17.0. The van der Waals surface area contributed by atoms with Crippen LogP contribution >= 0.6 is 0 Å². The summed E-state index contributed by atoms with van der Waals surface area (Å²) in [5.74, 6) is 0.907. The van der Waals surface area contributed by atoms with Crippen molar-refractivity contribution in [2.24, 2.45) is 0 Å². The van der Waals surface area contributed by atoms with E-state index in [0.717, 1.165) is 18.7 Å². The summed E-state index contributed by atoms with van der Waals surface area (Å²) in [5, 5.41) is 0. The molecule has 143 valence electrons. The van der Waals surface area contributed by atoms with E-state index in [2.05, 4.69) is 98.7 Å². The molecule has 0 atom stereocenters. The lowest BCUT2D eigenvalue weighted by Crippen LogP contribution is -2.19. The molecule has 0 heterocycles. The normalized spacial score (nSPS) is 12.0. The summed E-state index contributed by atoms with van der Waals surface area (Å²) in [6.45, 7) is 3.81. The van der Waals surface area contributed by atoms with E-state index in [1.165, 1.54) is 27.8 Å². The molecule has 0 aromatic heterocycles. The van der Waals surface area contributed by atoms with Crippen LogP contribution in [0.5, 0.6) is 5.75 Å². The first-order valence-corrected chi connectivity index (χ1v) is 9.82. The minimum Gasteiger partial charge on any atom is -0.492 e. The molecular formula is C26H28NO. The molecule has 0 aliphatic heterocycles. The lowest BCUT2D eigenvalue weighted by Gasteiger charge is -2.17. The zero-order valence-corrected chi connectivity index (χ0v) is 17.0. The van der Waals surface area contributed by atoms with Crippen molar-refractivity contribution in [2.45, 2.75) is 13.3 Å².